The van der Waals surface area contributed by atoms with Crippen LogP contribution in [0.5, 0.6) is 0 Å². The van der Waals surface area contributed by atoms with E-state index in [-0.39, 0.29) is 44.7 Å². The van der Waals surface area contributed by atoms with Crippen LogP contribution in [-0.4, -0.2) is 85.2 Å². The van der Waals surface area contributed by atoms with Gasteiger partial charge in [0.15, 0.2) is 0 Å². The van der Waals surface area contributed by atoms with E-state index in [2.05, 4.69) is 13.8 Å². The smallest absolute Gasteiger partial charge is 0.308 e. The summed E-state index contributed by atoms with van der Waals surface area (Å²) in [6.45, 7) is 3.37. The highest BCUT2D eigenvalue weighted by atomic mass is 16.6. The van der Waals surface area contributed by atoms with Gasteiger partial charge in [-0.1, -0.05) is 59.3 Å². The van der Waals surface area contributed by atoms with Gasteiger partial charge in [0.1, 0.15) is 13.2 Å². The Hall–Kier alpha value is -1.26. The third kappa shape index (κ3) is 13.6. The third-order valence-corrected chi connectivity index (χ3v) is 6.43. The summed E-state index contributed by atoms with van der Waals surface area (Å²) >= 11 is 0. The van der Waals surface area contributed by atoms with Crippen LogP contribution in [-0.2, 0) is 23.8 Å². The molecule has 0 aromatic carbocycles. The van der Waals surface area contributed by atoms with E-state index in [9.17, 15) is 30.0 Å². The summed E-state index contributed by atoms with van der Waals surface area (Å²) in [5.74, 6) is -1.00. The third-order valence-electron chi connectivity index (χ3n) is 6.43. The molecule has 0 aliphatic rings. The Labute approximate surface area is 211 Å². The fourth-order valence-electron chi connectivity index (χ4n) is 3.49. The van der Waals surface area contributed by atoms with E-state index in [1.165, 1.54) is 0 Å². The van der Waals surface area contributed by atoms with Gasteiger partial charge in [-0.05, 0) is 19.3 Å². The normalized spacial score (nSPS) is 14.4. The molecule has 2 atom stereocenters. The Morgan fingerprint density at radius 1 is 0.686 bits per heavy atom. The zero-order chi connectivity index (χ0) is 26.6. The number of ether oxygens (including phenoxy) is 3. The van der Waals surface area contributed by atoms with Crippen molar-refractivity contribution >= 4 is 11.9 Å². The highest BCUT2D eigenvalue weighted by molar-refractivity contribution is 5.72. The number of unbranched alkanes of at least 4 members (excludes halogenated alkanes) is 5. The number of carbonyl (C=O) groups excluding carboxylic acids is 2. The Kier molecular flexibility index (Phi) is 19.2. The summed E-state index contributed by atoms with van der Waals surface area (Å²) < 4.78 is 16.6. The molecular formula is C26H50O9. The fraction of sp³-hybridized carbons (Fsp3) is 0.923. The van der Waals surface area contributed by atoms with Gasteiger partial charge in [-0.2, -0.15) is 0 Å². The zero-order valence-corrected chi connectivity index (χ0v) is 22.1. The van der Waals surface area contributed by atoms with Crippen molar-refractivity contribution in [1.82, 2.24) is 0 Å². The van der Waals surface area contributed by atoms with Crippen LogP contribution in [0.3, 0.4) is 0 Å². The van der Waals surface area contributed by atoms with Gasteiger partial charge in [-0.3, -0.25) is 9.59 Å². The van der Waals surface area contributed by atoms with Gasteiger partial charge in [0.05, 0.1) is 56.4 Å². The number of hydrogen-bond donors (Lipinski definition) is 4. The molecule has 2 unspecified atom stereocenters. The highest BCUT2D eigenvalue weighted by Gasteiger charge is 2.37. The minimum atomic E-state index is -1.25. The Bertz CT molecular complexity index is 543. The average Bonchev–Trinajstić information content (AvgIpc) is 2.88. The minimum Gasteiger partial charge on any atom is -0.465 e. The summed E-state index contributed by atoms with van der Waals surface area (Å²) in [6.07, 6.45) is 8.46. The second-order valence-corrected chi connectivity index (χ2v) is 9.81. The molecule has 0 amide bonds. The van der Waals surface area contributed by atoms with Crippen molar-refractivity contribution in [3.63, 3.8) is 0 Å². The molecule has 0 aliphatic heterocycles. The molecule has 9 heteroatoms. The van der Waals surface area contributed by atoms with E-state index in [4.69, 9.17) is 14.2 Å². The lowest BCUT2D eigenvalue weighted by atomic mass is 9.90. The van der Waals surface area contributed by atoms with E-state index >= 15 is 0 Å². The molecular weight excluding hydrogens is 456 g/mol. The highest BCUT2D eigenvalue weighted by Crippen LogP contribution is 2.24. The quantitative estimate of drug-likeness (QED) is 0.121. The molecule has 0 aromatic heterocycles. The molecule has 0 fully saturated rings. The first-order chi connectivity index (χ1) is 16.8. The van der Waals surface area contributed by atoms with Crippen LogP contribution in [0.2, 0.25) is 0 Å². The Morgan fingerprint density at radius 3 is 1.77 bits per heavy atom. The molecule has 0 rings (SSSR count). The largest absolute Gasteiger partial charge is 0.465 e. The summed E-state index contributed by atoms with van der Waals surface area (Å²) in [7, 11) is 0. The van der Waals surface area contributed by atoms with E-state index < -0.39 is 43.2 Å². The van der Waals surface area contributed by atoms with Gasteiger partial charge >= 0.3 is 11.9 Å². The molecule has 0 spiro atoms. The van der Waals surface area contributed by atoms with Gasteiger partial charge in [0.25, 0.3) is 0 Å². The van der Waals surface area contributed by atoms with Crippen molar-refractivity contribution in [2.75, 3.05) is 52.9 Å². The van der Waals surface area contributed by atoms with Crippen LogP contribution in [0.25, 0.3) is 0 Å². The molecule has 35 heavy (non-hydrogen) atoms. The van der Waals surface area contributed by atoms with E-state index in [0.29, 0.717) is 12.8 Å². The van der Waals surface area contributed by atoms with E-state index in [1.54, 1.807) is 0 Å². The first kappa shape index (κ1) is 33.7. The van der Waals surface area contributed by atoms with Crippen LogP contribution < -0.4 is 0 Å². The number of aliphatic hydroxyl groups is 4. The minimum absolute atomic E-state index is 0.159. The lowest BCUT2D eigenvalue weighted by Gasteiger charge is -2.33. The van der Waals surface area contributed by atoms with E-state index in [0.717, 1.165) is 44.9 Å². The van der Waals surface area contributed by atoms with Crippen molar-refractivity contribution < 1.29 is 44.2 Å². The topological polar surface area (TPSA) is 143 Å². The van der Waals surface area contributed by atoms with Crippen LogP contribution in [0.4, 0.5) is 0 Å². The van der Waals surface area contributed by atoms with Crippen molar-refractivity contribution in [1.29, 1.82) is 0 Å². The van der Waals surface area contributed by atoms with Gasteiger partial charge in [0, 0.05) is 6.42 Å². The van der Waals surface area contributed by atoms with Crippen molar-refractivity contribution in [3.8, 4) is 0 Å². The molecule has 0 saturated heterocycles. The second-order valence-electron chi connectivity index (χ2n) is 9.81. The van der Waals surface area contributed by atoms with E-state index in [1.807, 2.05) is 6.92 Å². The molecule has 0 radical (unpaired) electrons. The zero-order valence-electron chi connectivity index (χ0n) is 22.1. The lowest BCUT2D eigenvalue weighted by Crippen LogP contribution is -2.45. The van der Waals surface area contributed by atoms with Crippen LogP contribution in [0.1, 0.15) is 85.0 Å². The van der Waals surface area contributed by atoms with Gasteiger partial charge in [0.2, 0.25) is 0 Å². The van der Waals surface area contributed by atoms with Crippen LogP contribution in [0.15, 0.2) is 0 Å². The van der Waals surface area contributed by atoms with Crippen LogP contribution in [0, 0.1) is 16.7 Å². The predicted octanol–water partition coefficient (Wildman–Crippen LogP) is 2.61. The number of hydrogen-bond acceptors (Lipinski definition) is 9. The first-order valence-corrected chi connectivity index (χ1v) is 13.1. The fourth-order valence-corrected chi connectivity index (χ4v) is 3.49. The van der Waals surface area contributed by atoms with Gasteiger partial charge < -0.3 is 34.6 Å². The molecule has 4 N–H and O–H groups in total. The predicted molar refractivity (Wildman–Crippen MR) is 133 cm³/mol. The summed E-state index contributed by atoms with van der Waals surface area (Å²) in [4.78, 5) is 24.9. The maximum absolute atomic E-state index is 12.6. The second kappa shape index (κ2) is 19.9. The molecule has 0 aliphatic carbocycles. The van der Waals surface area contributed by atoms with Crippen LogP contribution >= 0.6 is 0 Å². The monoisotopic (exact) mass is 506 g/mol. The number of esters is 2. The average molecular weight is 507 g/mol. The summed E-state index contributed by atoms with van der Waals surface area (Å²) in [5, 5.41) is 38.8. The maximum atomic E-state index is 12.6. The van der Waals surface area contributed by atoms with Gasteiger partial charge in [-0.15, -0.1) is 0 Å². The first-order valence-electron chi connectivity index (χ1n) is 13.1. The molecule has 0 aromatic rings. The standard InChI is InChI=1S/C26H50O9/c1-4-7-9-10-11-13-23(31)34-20-26(17-30,19-33-18-25(14-27,15-28)16-29)21-35-24(32)22(6-3)12-8-5-2/h22,27-30H,4-21H2,1-3H3. The number of rotatable bonds is 23. The Morgan fingerprint density at radius 2 is 1.23 bits per heavy atom. The van der Waals surface area contributed by atoms with Crippen molar-refractivity contribution in [3.05, 3.63) is 0 Å². The molecule has 208 valence electrons. The molecule has 9 nitrogen and oxygen atoms in total. The lowest BCUT2D eigenvalue weighted by molar-refractivity contribution is -0.166. The molecule has 0 bridgehead atoms. The molecule has 0 saturated carbocycles. The number of carbonyl (C=O) groups is 2. The molecule has 0 heterocycles. The Balaban J connectivity index is 5.18. The summed E-state index contributed by atoms with van der Waals surface area (Å²) in [6, 6.07) is 0. The number of aliphatic hydroxyl groups excluding tert-OH is 4. The van der Waals surface area contributed by atoms with Gasteiger partial charge in [-0.25, -0.2) is 0 Å². The summed E-state index contributed by atoms with van der Waals surface area (Å²) in [5.41, 5.74) is -2.46. The SMILES string of the molecule is CCCCCCCC(=O)OCC(CO)(COCC(CO)(CO)CO)COC(=O)C(CC)CCCC. The van der Waals surface area contributed by atoms with Crippen molar-refractivity contribution in [2.45, 2.75) is 85.0 Å². The van der Waals surface area contributed by atoms with Crippen molar-refractivity contribution in [2.24, 2.45) is 16.7 Å². The maximum Gasteiger partial charge on any atom is 0.308 e.